The van der Waals surface area contributed by atoms with Crippen molar-refractivity contribution in [3.05, 3.63) is 64.9 Å². The van der Waals surface area contributed by atoms with Gasteiger partial charge in [-0.2, -0.15) is 0 Å². The van der Waals surface area contributed by atoms with Gasteiger partial charge in [0.25, 0.3) is 0 Å². The highest BCUT2D eigenvalue weighted by atomic mass is 35.5. The fourth-order valence-electron chi connectivity index (χ4n) is 2.13. The van der Waals surface area contributed by atoms with Gasteiger partial charge in [0.1, 0.15) is 0 Å². The van der Waals surface area contributed by atoms with Gasteiger partial charge < -0.3 is 5.32 Å². The summed E-state index contributed by atoms with van der Waals surface area (Å²) in [4.78, 5) is 15.8. The molecular formula is C17H19ClN2O. The van der Waals surface area contributed by atoms with Crippen LogP contribution < -0.4 is 5.32 Å². The highest BCUT2D eigenvalue weighted by Crippen LogP contribution is 2.10. The number of nitrogens with one attached hydrogen (secondary N) is 1. The van der Waals surface area contributed by atoms with Gasteiger partial charge in [0.2, 0.25) is 5.91 Å². The van der Waals surface area contributed by atoms with Gasteiger partial charge in [-0.25, -0.2) is 0 Å². The van der Waals surface area contributed by atoms with Crippen molar-refractivity contribution in [1.29, 1.82) is 0 Å². The molecule has 21 heavy (non-hydrogen) atoms. The fraction of sp³-hybridized carbons (Fsp3) is 0.294. The molecule has 0 unspecified atom stereocenters. The molecule has 0 saturated carbocycles. The van der Waals surface area contributed by atoms with Crippen molar-refractivity contribution in [2.75, 3.05) is 6.54 Å². The third-order valence-corrected chi connectivity index (χ3v) is 3.45. The second-order valence-corrected chi connectivity index (χ2v) is 5.38. The van der Waals surface area contributed by atoms with E-state index < -0.39 is 0 Å². The Morgan fingerprint density at radius 3 is 2.76 bits per heavy atom. The first-order valence-corrected chi connectivity index (χ1v) is 7.52. The van der Waals surface area contributed by atoms with E-state index >= 15 is 0 Å². The summed E-state index contributed by atoms with van der Waals surface area (Å²) in [5.41, 5.74) is 2.31. The van der Waals surface area contributed by atoms with Crippen molar-refractivity contribution < 1.29 is 4.79 Å². The monoisotopic (exact) mass is 302 g/mol. The van der Waals surface area contributed by atoms with Gasteiger partial charge in [0.05, 0.1) is 0 Å². The van der Waals surface area contributed by atoms with Crippen molar-refractivity contribution in [2.24, 2.45) is 0 Å². The Labute approximate surface area is 130 Å². The number of carbonyl (C=O) groups is 1. The number of rotatable bonds is 7. The van der Waals surface area contributed by atoms with Crippen LogP contribution in [0.2, 0.25) is 5.02 Å². The van der Waals surface area contributed by atoms with Crippen molar-refractivity contribution in [3.63, 3.8) is 0 Å². The summed E-state index contributed by atoms with van der Waals surface area (Å²) < 4.78 is 0. The van der Waals surface area contributed by atoms with Crippen molar-refractivity contribution in [2.45, 2.75) is 25.7 Å². The van der Waals surface area contributed by atoms with Crippen LogP contribution in [0, 0.1) is 0 Å². The summed E-state index contributed by atoms with van der Waals surface area (Å²) in [6, 6.07) is 11.7. The summed E-state index contributed by atoms with van der Waals surface area (Å²) in [5, 5.41) is 3.67. The minimum absolute atomic E-state index is 0.0981. The standard InChI is InChI=1S/C17H19ClN2O/c18-16-7-1-4-14(12-16)9-11-20-17(21)8-2-5-15-6-3-10-19-13-15/h1,3-4,6-7,10,12-13H,2,5,8-9,11H2,(H,20,21). The lowest BCUT2D eigenvalue weighted by atomic mass is 10.1. The van der Waals surface area contributed by atoms with Gasteiger partial charge in [0.15, 0.2) is 0 Å². The summed E-state index contributed by atoms with van der Waals surface area (Å²) in [7, 11) is 0. The second-order valence-electron chi connectivity index (χ2n) is 4.94. The quantitative estimate of drug-likeness (QED) is 0.851. The molecule has 0 aliphatic rings. The lowest BCUT2D eigenvalue weighted by Crippen LogP contribution is -2.25. The molecule has 2 rings (SSSR count). The number of halogens is 1. The third-order valence-electron chi connectivity index (χ3n) is 3.22. The molecule has 1 aromatic carbocycles. The van der Waals surface area contributed by atoms with E-state index in [4.69, 9.17) is 11.6 Å². The first kappa shape index (κ1) is 15.5. The molecule has 0 spiro atoms. The van der Waals surface area contributed by atoms with Crippen LogP contribution in [-0.4, -0.2) is 17.4 Å². The number of hydrogen-bond acceptors (Lipinski definition) is 2. The number of hydrogen-bond donors (Lipinski definition) is 1. The Kier molecular flexibility index (Phi) is 6.22. The van der Waals surface area contributed by atoms with E-state index in [0.29, 0.717) is 13.0 Å². The molecule has 0 bridgehead atoms. The molecule has 2 aromatic rings. The van der Waals surface area contributed by atoms with E-state index in [2.05, 4.69) is 10.3 Å². The lowest BCUT2D eigenvalue weighted by Gasteiger charge is -2.06. The molecule has 0 atom stereocenters. The van der Waals surface area contributed by atoms with E-state index in [9.17, 15) is 4.79 Å². The Bertz CT molecular complexity index is 572. The Morgan fingerprint density at radius 2 is 2.00 bits per heavy atom. The summed E-state index contributed by atoms with van der Waals surface area (Å²) in [6.45, 7) is 0.645. The summed E-state index contributed by atoms with van der Waals surface area (Å²) in [5.74, 6) is 0.0981. The van der Waals surface area contributed by atoms with Gasteiger partial charge in [-0.05, 0) is 48.6 Å². The average Bonchev–Trinajstić information content (AvgIpc) is 2.48. The Hall–Kier alpha value is -1.87. The van der Waals surface area contributed by atoms with Gasteiger partial charge >= 0.3 is 0 Å². The number of aromatic nitrogens is 1. The molecule has 0 saturated heterocycles. The largest absolute Gasteiger partial charge is 0.356 e. The molecular weight excluding hydrogens is 284 g/mol. The van der Waals surface area contributed by atoms with Crippen LogP contribution in [0.3, 0.4) is 0 Å². The van der Waals surface area contributed by atoms with Crippen LogP contribution in [-0.2, 0) is 17.6 Å². The zero-order valence-electron chi connectivity index (χ0n) is 11.9. The highest BCUT2D eigenvalue weighted by Gasteiger charge is 2.02. The first-order chi connectivity index (χ1) is 10.2. The van der Waals surface area contributed by atoms with Crippen molar-refractivity contribution in [3.8, 4) is 0 Å². The van der Waals surface area contributed by atoms with Gasteiger partial charge in [0, 0.05) is 30.4 Å². The number of aryl methyl sites for hydroxylation is 1. The number of carbonyl (C=O) groups excluding carboxylic acids is 1. The van der Waals surface area contributed by atoms with Crippen LogP contribution in [0.1, 0.15) is 24.0 Å². The molecule has 1 aromatic heterocycles. The predicted molar refractivity (Wildman–Crippen MR) is 85.3 cm³/mol. The zero-order valence-corrected chi connectivity index (χ0v) is 12.6. The number of pyridine rings is 1. The number of nitrogens with zero attached hydrogens (tertiary/aromatic N) is 1. The van der Waals surface area contributed by atoms with E-state index in [-0.39, 0.29) is 5.91 Å². The van der Waals surface area contributed by atoms with Crippen molar-refractivity contribution in [1.82, 2.24) is 10.3 Å². The molecule has 0 fully saturated rings. The van der Waals surface area contributed by atoms with Crippen molar-refractivity contribution >= 4 is 17.5 Å². The fourth-order valence-corrected chi connectivity index (χ4v) is 2.34. The molecule has 1 heterocycles. The number of amides is 1. The molecule has 1 N–H and O–H groups in total. The van der Waals surface area contributed by atoms with E-state index in [1.807, 2.05) is 42.6 Å². The molecule has 110 valence electrons. The molecule has 0 aliphatic heterocycles. The topological polar surface area (TPSA) is 42.0 Å². The smallest absolute Gasteiger partial charge is 0.220 e. The van der Waals surface area contributed by atoms with Crippen LogP contribution in [0.5, 0.6) is 0 Å². The average molecular weight is 303 g/mol. The lowest BCUT2D eigenvalue weighted by molar-refractivity contribution is -0.121. The molecule has 4 heteroatoms. The maximum Gasteiger partial charge on any atom is 0.220 e. The van der Waals surface area contributed by atoms with Crippen LogP contribution in [0.4, 0.5) is 0 Å². The minimum atomic E-state index is 0.0981. The second kappa shape index (κ2) is 8.42. The SMILES string of the molecule is O=C(CCCc1cccnc1)NCCc1cccc(Cl)c1. The van der Waals surface area contributed by atoms with Gasteiger partial charge in [-0.3, -0.25) is 9.78 Å². The maximum absolute atomic E-state index is 11.7. The molecule has 0 radical (unpaired) electrons. The van der Waals surface area contributed by atoms with E-state index in [0.717, 1.165) is 29.8 Å². The van der Waals surface area contributed by atoms with Crippen LogP contribution in [0.25, 0.3) is 0 Å². The first-order valence-electron chi connectivity index (χ1n) is 7.14. The predicted octanol–water partition coefficient (Wildman–Crippen LogP) is 3.42. The number of benzene rings is 1. The summed E-state index contributed by atoms with van der Waals surface area (Å²) in [6.07, 6.45) is 6.67. The molecule has 3 nitrogen and oxygen atoms in total. The normalized spacial score (nSPS) is 10.3. The Balaban J connectivity index is 1.61. The third kappa shape index (κ3) is 5.96. The molecule has 1 amide bonds. The van der Waals surface area contributed by atoms with Gasteiger partial charge in [-0.1, -0.05) is 29.8 Å². The Morgan fingerprint density at radius 1 is 1.14 bits per heavy atom. The van der Waals surface area contributed by atoms with E-state index in [1.165, 1.54) is 5.56 Å². The van der Waals surface area contributed by atoms with Crippen LogP contribution in [0.15, 0.2) is 48.8 Å². The van der Waals surface area contributed by atoms with Crippen LogP contribution >= 0.6 is 11.6 Å². The van der Waals surface area contributed by atoms with E-state index in [1.54, 1.807) is 6.20 Å². The summed E-state index contributed by atoms with van der Waals surface area (Å²) >= 11 is 5.92. The van der Waals surface area contributed by atoms with Gasteiger partial charge in [-0.15, -0.1) is 0 Å². The molecule has 0 aliphatic carbocycles. The minimum Gasteiger partial charge on any atom is -0.356 e. The zero-order chi connectivity index (χ0) is 14.9. The highest BCUT2D eigenvalue weighted by molar-refractivity contribution is 6.30. The maximum atomic E-state index is 11.7.